The lowest BCUT2D eigenvalue weighted by Crippen LogP contribution is -2.13. The standard InChI is InChI=1S/C25H32F2O3/c1-3-4-17-5-7-18(8-6-17)19-9-11-20(12-10-19)25(28)21-13-14-22(24(27)23(21)26)30-16-15-29-2/h9-14,17-18,25,28H,3-8,15-16H2,1-2H3. The quantitative estimate of drug-likeness (QED) is 0.497. The van der Waals surface area contributed by atoms with Crippen LogP contribution in [0.5, 0.6) is 5.75 Å². The average Bonchev–Trinajstić information content (AvgIpc) is 2.77. The molecule has 0 bridgehead atoms. The van der Waals surface area contributed by atoms with Crippen LogP contribution in [0.2, 0.25) is 0 Å². The van der Waals surface area contributed by atoms with Gasteiger partial charge in [0.1, 0.15) is 12.7 Å². The first-order chi connectivity index (χ1) is 14.5. The Bertz CT molecular complexity index is 799. The van der Waals surface area contributed by atoms with Gasteiger partial charge in [0.15, 0.2) is 11.6 Å². The maximum Gasteiger partial charge on any atom is 0.201 e. The highest BCUT2D eigenvalue weighted by Gasteiger charge is 2.24. The monoisotopic (exact) mass is 418 g/mol. The molecule has 2 aromatic rings. The Morgan fingerprint density at radius 3 is 2.30 bits per heavy atom. The molecule has 0 saturated heterocycles. The Balaban J connectivity index is 1.67. The molecular weight excluding hydrogens is 386 g/mol. The van der Waals surface area contributed by atoms with Crippen molar-refractivity contribution in [3.05, 3.63) is 64.7 Å². The number of rotatable bonds is 9. The van der Waals surface area contributed by atoms with Crippen LogP contribution >= 0.6 is 0 Å². The molecule has 2 aromatic carbocycles. The smallest absolute Gasteiger partial charge is 0.201 e. The number of halogens is 2. The van der Waals surface area contributed by atoms with E-state index in [0.717, 1.165) is 5.92 Å². The number of aliphatic hydroxyl groups is 1. The molecule has 1 N–H and O–H groups in total. The fraction of sp³-hybridized carbons (Fsp3) is 0.520. The maximum atomic E-state index is 14.5. The summed E-state index contributed by atoms with van der Waals surface area (Å²) in [5, 5.41) is 10.6. The maximum absolute atomic E-state index is 14.5. The molecule has 5 heteroatoms. The van der Waals surface area contributed by atoms with Gasteiger partial charge in [0.25, 0.3) is 0 Å². The fourth-order valence-corrected chi connectivity index (χ4v) is 4.43. The number of ether oxygens (including phenoxy) is 2. The molecule has 0 amide bonds. The van der Waals surface area contributed by atoms with Crippen LogP contribution in [0.25, 0.3) is 0 Å². The molecule has 0 radical (unpaired) electrons. The summed E-state index contributed by atoms with van der Waals surface area (Å²) in [5.74, 6) is -0.970. The van der Waals surface area contributed by atoms with Crippen molar-refractivity contribution in [2.45, 2.75) is 57.5 Å². The van der Waals surface area contributed by atoms with Gasteiger partial charge in [-0.2, -0.15) is 4.39 Å². The van der Waals surface area contributed by atoms with Gasteiger partial charge in [-0.1, -0.05) is 44.0 Å². The Morgan fingerprint density at radius 1 is 0.967 bits per heavy atom. The first-order valence-electron chi connectivity index (χ1n) is 10.9. The second kappa shape index (κ2) is 10.9. The first-order valence-corrected chi connectivity index (χ1v) is 10.9. The lowest BCUT2D eigenvalue weighted by Gasteiger charge is -2.28. The second-order valence-corrected chi connectivity index (χ2v) is 8.20. The van der Waals surface area contributed by atoms with Crippen LogP contribution in [0, 0.1) is 17.6 Å². The predicted molar refractivity (Wildman–Crippen MR) is 114 cm³/mol. The minimum atomic E-state index is -1.23. The number of hydrogen-bond acceptors (Lipinski definition) is 3. The molecule has 0 spiro atoms. The van der Waals surface area contributed by atoms with Crippen LogP contribution in [0.4, 0.5) is 8.78 Å². The van der Waals surface area contributed by atoms with E-state index >= 15 is 0 Å². The van der Waals surface area contributed by atoms with Crippen LogP contribution in [-0.2, 0) is 4.74 Å². The highest BCUT2D eigenvalue weighted by Crippen LogP contribution is 2.38. The van der Waals surface area contributed by atoms with Crippen molar-refractivity contribution in [3.8, 4) is 5.75 Å². The largest absolute Gasteiger partial charge is 0.488 e. The van der Waals surface area contributed by atoms with E-state index in [4.69, 9.17) is 9.47 Å². The average molecular weight is 419 g/mol. The zero-order chi connectivity index (χ0) is 21.5. The molecule has 1 aliphatic carbocycles. The van der Waals surface area contributed by atoms with E-state index in [1.807, 2.05) is 24.3 Å². The van der Waals surface area contributed by atoms with Crippen molar-refractivity contribution >= 4 is 0 Å². The van der Waals surface area contributed by atoms with Crippen molar-refractivity contribution in [1.29, 1.82) is 0 Å². The van der Waals surface area contributed by atoms with Crippen molar-refractivity contribution in [2.24, 2.45) is 5.92 Å². The first kappa shape index (κ1) is 22.7. The van der Waals surface area contributed by atoms with Crippen molar-refractivity contribution in [2.75, 3.05) is 20.3 Å². The van der Waals surface area contributed by atoms with E-state index in [1.54, 1.807) is 0 Å². The Morgan fingerprint density at radius 2 is 1.67 bits per heavy atom. The summed E-state index contributed by atoms with van der Waals surface area (Å²) < 4.78 is 38.9. The van der Waals surface area contributed by atoms with E-state index in [2.05, 4.69) is 6.92 Å². The van der Waals surface area contributed by atoms with Crippen molar-refractivity contribution < 1.29 is 23.4 Å². The van der Waals surface area contributed by atoms with Gasteiger partial charge < -0.3 is 14.6 Å². The molecule has 1 saturated carbocycles. The summed E-state index contributed by atoms with van der Waals surface area (Å²) in [7, 11) is 1.50. The fourth-order valence-electron chi connectivity index (χ4n) is 4.43. The predicted octanol–water partition coefficient (Wildman–Crippen LogP) is 6.15. The summed E-state index contributed by atoms with van der Waals surface area (Å²) in [6.07, 6.45) is 6.25. The number of aliphatic hydroxyl groups excluding tert-OH is 1. The van der Waals surface area contributed by atoms with E-state index in [0.29, 0.717) is 11.5 Å². The third-order valence-electron chi connectivity index (χ3n) is 6.18. The zero-order valence-corrected chi connectivity index (χ0v) is 17.9. The normalized spacial score (nSPS) is 20.2. The zero-order valence-electron chi connectivity index (χ0n) is 17.9. The minimum absolute atomic E-state index is 0.0978. The third-order valence-corrected chi connectivity index (χ3v) is 6.18. The van der Waals surface area contributed by atoms with Crippen LogP contribution in [0.3, 0.4) is 0 Å². The van der Waals surface area contributed by atoms with Gasteiger partial charge in [0.2, 0.25) is 5.82 Å². The second-order valence-electron chi connectivity index (χ2n) is 8.20. The number of methoxy groups -OCH3 is 1. The van der Waals surface area contributed by atoms with Gasteiger partial charge in [0, 0.05) is 12.7 Å². The van der Waals surface area contributed by atoms with Gasteiger partial charge in [-0.25, -0.2) is 4.39 Å². The van der Waals surface area contributed by atoms with E-state index in [1.165, 1.54) is 63.3 Å². The topological polar surface area (TPSA) is 38.7 Å². The molecule has 0 heterocycles. The number of hydrogen-bond donors (Lipinski definition) is 1. The van der Waals surface area contributed by atoms with Crippen LogP contribution in [0.1, 0.15) is 74.2 Å². The minimum Gasteiger partial charge on any atom is -0.488 e. The van der Waals surface area contributed by atoms with Gasteiger partial charge in [-0.15, -0.1) is 0 Å². The van der Waals surface area contributed by atoms with Crippen LogP contribution in [0.15, 0.2) is 36.4 Å². The summed E-state index contributed by atoms with van der Waals surface area (Å²) >= 11 is 0. The molecule has 1 aliphatic rings. The van der Waals surface area contributed by atoms with E-state index in [-0.39, 0.29) is 24.5 Å². The molecule has 3 nitrogen and oxygen atoms in total. The van der Waals surface area contributed by atoms with Crippen LogP contribution < -0.4 is 4.74 Å². The lowest BCUT2D eigenvalue weighted by atomic mass is 9.77. The molecule has 3 rings (SSSR count). The van der Waals surface area contributed by atoms with Gasteiger partial charge in [0.05, 0.1) is 6.61 Å². The number of benzene rings is 2. The Labute approximate surface area is 178 Å². The molecule has 1 fully saturated rings. The third kappa shape index (κ3) is 5.38. The van der Waals surface area contributed by atoms with Crippen molar-refractivity contribution in [1.82, 2.24) is 0 Å². The van der Waals surface area contributed by atoms with Gasteiger partial charge in [-0.3, -0.25) is 0 Å². The molecule has 1 atom stereocenters. The van der Waals surface area contributed by atoms with Gasteiger partial charge >= 0.3 is 0 Å². The van der Waals surface area contributed by atoms with Crippen molar-refractivity contribution in [3.63, 3.8) is 0 Å². The summed E-state index contributed by atoms with van der Waals surface area (Å²) in [5.41, 5.74) is 1.71. The molecule has 0 aliphatic heterocycles. The molecule has 1 unspecified atom stereocenters. The molecule has 0 aromatic heterocycles. The molecule has 164 valence electrons. The Kier molecular flexibility index (Phi) is 8.23. The lowest BCUT2D eigenvalue weighted by molar-refractivity contribution is 0.143. The van der Waals surface area contributed by atoms with Crippen LogP contribution in [-0.4, -0.2) is 25.4 Å². The highest BCUT2D eigenvalue weighted by molar-refractivity contribution is 5.38. The highest BCUT2D eigenvalue weighted by atomic mass is 19.2. The summed E-state index contributed by atoms with van der Waals surface area (Å²) in [6, 6.07) is 10.4. The summed E-state index contributed by atoms with van der Waals surface area (Å²) in [6.45, 7) is 2.64. The van der Waals surface area contributed by atoms with E-state index in [9.17, 15) is 13.9 Å². The SMILES string of the molecule is CCCC1CCC(c2ccc(C(O)c3ccc(OCCOC)c(F)c3F)cc2)CC1. The van der Waals surface area contributed by atoms with E-state index < -0.39 is 17.7 Å². The molecular formula is C25H32F2O3. The van der Waals surface area contributed by atoms with Gasteiger partial charge in [-0.05, 0) is 60.8 Å². The molecule has 30 heavy (non-hydrogen) atoms. The summed E-state index contributed by atoms with van der Waals surface area (Å²) in [4.78, 5) is 0. The Hall–Kier alpha value is -1.98.